The number of thioether (sulfide) groups is 1. The Hall–Kier alpha value is -1.12. The van der Waals surface area contributed by atoms with Gasteiger partial charge in [0.25, 0.3) is 0 Å². The Balaban J connectivity index is 1.77. The lowest BCUT2D eigenvalue weighted by Gasteiger charge is -2.26. The van der Waals surface area contributed by atoms with Crippen molar-refractivity contribution in [3.8, 4) is 0 Å². The highest BCUT2D eigenvalue weighted by atomic mass is 32.2. The van der Waals surface area contributed by atoms with Crippen LogP contribution in [0.3, 0.4) is 0 Å². The number of rotatable bonds is 10. The molecular weight excluding hydrogens is 358 g/mol. The average molecular weight is 386 g/mol. The van der Waals surface area contributed by atoms with Gasteiger partial charge in [-0.05, 0) is 25.7 Å². The Labute approximate surface area is 157 Å². The van der Waals surface area contributed by atoms with Crippen LogP contribution in [-0.4, -0.2) is 57.8 Å². The van der Waals surface area contributed by atoms with E-state index in [0.29, 0.717) is 24.9 Å². The molecule has 1 saturated heterocycles. The third kappa shape index (κ3) is 6.27. The zero-order valence-corrected chi connectivity index (χ0v) is 16.7. The van der Waals surface area contributed by atoms with Crippen LogP contribution in [0.15, 0.2) is 9.72 Å². The van der Waals surface area contributed by atoms with Gasteiger partial charge < -0.3 is 15.3 Å². The number of carboxylic acids is 1. The zero-order valence-electron chi connectivity index (χ0n) is 15.0. The Kier molecular flexibility index (Phi) is 7.71. The van der Waals surface area contributed by atoms with Crippen LogP contribution in [0.25, 0.3) is 0 Å². The fourth-order valence-corrected chi connectivity index (χ4v) is 4.90. The van der Waals surface area contributed by atoms with Gasteiger partial charge in [0.15, 0.2) is 10.0 Å². The maximum Gasteiger partial charge on any atom is 0.355 e. The molecule has 1 aromatic heterocycles. The summed E-state index contributed by atoms with van der Waals surface area (Å²) in [5.74, 6) is 0.610. The number of carbonyl (C=O) groups is 2. The molecule has 8 heteroatoms. The molecule has 140 valence electrons. The third-order valence-corrected chi connectivity index (χ3v) is 6.24. The van der Waals surface area contributed by atoms with E-state index < -0.39 is 5.97 Å². The van der Waals surface area contributed by atoms with Gasteiger partial charge in [-0.3, -0.25) is 4.79 Å². The topological polar surface area (TPSA) is 82.5 Å². The number of hydrogen-bond acceptors (Lipinski definition) is 6. The lowest BCUT2D eigenvalue weighted by Crippen LogP contribution is -2.43. The minimum absolute atomic E-state index is 0.0889. The second kappa shape index (κ2) is 9.54. The predicted octanol–water partition coefficient (Wildman–Crippen LogP) is 2.95. The Bertz CT molecular complexity index is 591. The molecule has 1 aliphatic rings. The summed E-state index contributed by atoms with van der Waals surface area (Å²) >= 11 is 2.85. The summed E-state index contributed by atoms with van der Waals surface area (Å²) in [7, 11) is 0. The average Bonchev–Trinajstić information content (AvgIpc) is 3.13. The summed E-state index contributed by atoms with van der Waals surface area (Å²) in [4.78, 5) is 29.0. The van der Waals surface area contributed by atoms with Gasteiger partial charge in [-0.25, -0.2) is 9.78 Å². The van der Waals surface area contributed by atoms with Gasteiger partial charge in [0.1, 0.15) is 0 Å². The van der Waals surface area contributed by atoms with Crippen molar-refractivity contribution in [2.75, 3.05) is 18.8 Å². The first-order valence-electron chi connectivity index (χ1n) is 8.71. The van der Waals surface area contributed by atoms with E-state index in [9.17, 15) is 9.59 Å². The fraction of sp³-hybridized carbons (Fsp3) is 0.706. The molecule has 2 rings (SSSR count). The van der Waals surface area contributed by atoms with Crippen molar-refractivity contribution >= 4 is 35.0 Å². The molecule has 0 radical (unpaired) electrons. The van der Waals surface area contributed by atoms with Crippen molar-refractivity contribution in [2.24, 2.45) is 5.92 Å². The monoisotopic (exact) mass is 385 g/mol. The van der Waals surface area contributed by atoms with Crippen molar-refractivity contribution < 1.29 is 14.7 Å². The van der Waals surface area contributed by atoms with E-state index in [2.05, 4.69) is 31.1 Å². The number of aromatic nitrogens is 1. The van der Waals surface area contributed by atoms with E-state index >= 15 is 0 Å². The van der Waals surface area contributed by atoms with Crippen LogP contribution in [0.5, 0.6) is 0 Å². The number of thiazole rings is 1. The highest BCUT2D eigenvalue weighted by Gasteiger charge is 2.30. The Morgan fingerprint density at radius 1 is 1.52 bits per heavy atom. The molecule has 1 fully saturated rings. The number of carbonyl (C=O) groups excluding carboxylic acids is 1. The zero-order chi connectivity index (χ0) is 18.4. The molecule has 2 heterocycles. The maximum absolute atomic E-state index is 12.1. The van der Waals surface area contributed by atoms with Crippen LogP contribution in [0, 0.1) is 5.92 Å². The number of hydrogen-bond donors (Lipinski definition) is 2. The second-order valence-electron chi connectivity index (χ2n) is 6.87. The van der Waals surface area contributed by atoms with Crippen molar-refractivity contribution in [3.63, 3.8) is 0 Å². The van der Waals surface area contributed by atoms with Crippen LogP contribution in [0.4, 0.5) is 0 Å². The van der Waals surface area contributed by atoms with Gasteiger partial charge >= 0.3 is 5.97 Å². The normalized spacial score (nSPS) is 19.0. The summed E-state index contributed by atoms with van der Waals surface area (Å²) in [6.45, 7) is 8.14. The standard InChI is InChI=1S/C17H27N3O3S2/c1-11(2)8-12(3)18-9-13-4-5-15(21)20(13)6-7-24-17-19-14(10-25-17)16(22)23/h10-13,18H,4-9H2,1-3H3,(H,22,23). The van der Waals surface area contributed by atoms with Crippen LogP contribution < -0.4 is 5.32 Å². The second-order valence-corrected chi connectivity index (χ2v) is 9.07. The highest BCUT2D eigenvalue weighted by molar-refractivity contribution is 8.01. The number of carboxylic acid groups (broad SMARTS) is 1. The van der Waals surface area contributed by atoms with Crippen LogP contribution in [0.2, 0.25) is 0 Å². The maximum atomic E-state index is 12.1. The molecule has 0 bridgehead atoms. The number of nitrogens with one attached hydrogen (secondary N) is 1. The SMILES string of the molecule is CC(C)CC(C)NCC1CCC(=O)N1CCSc1nc(C(=O)O)cs1. The third-order valence-electron chi connectivity index (χ3n) is 4.24. The molecule has 2 unspecified atom stereocenters. The van der Waals surface area contributed by atoms with E-state index in [-0.39, 0.29) is 17.6 Å². The molecule has 1 aliphatic heterocycles. The molecule has 0 spiro atoms. The van der Waals surface area contributed by atoms with Crippen LogP contribution in [-0.2, 0) is 4.79 Å². The van der Waals surface area contributed by atoms with Crippen molar-refractivity contribution in [3.05, 3.63) is 11.1 Å². The Morgan fingerprint density at radius 2 is 2.28 bits per heavy atom. The number of likely N-dealkylation sites (tertiary alicyclic amines) is 1. The molecule has 1 amide bonds. The number of nitrogens with zero attached hydrogens (tertiary/aromatic N) is 2. The van der Waals surface area contributed by atoms with Gasteiger partial charge in [-0.15, -0.1) is 11.3 Å². The lowest BCUT2D eigenvalue weighted by atomic mass is 10.0. The van der Waals surface area contributed by atoms with Crippen molar-refractivity contribution in [1.82, 2.24) is 15.2 Å². The molecule has 0 saturated carbocycles. The first kappa shape index (κ1) is 20.2. The summed E-state index contributed by atoms with van der Waals surface area (Å²) in [6, 6.07) is 0.713. The van der Waals surface area contributed by atoms with Crippen molar-refractivity contribution in [2.45, 2.75) is 56.5 Å². The first-order chi connectivity index (χ1) is 11.9. The summed E-state index contributed by atoms with van der Waals surface area (Å²) in [6.07, 6.45) is 2.66. The Morgan fingerprint density at radius 3 is 2.92 bits per heavy atom. The molecule has 6 nitrogen and oxygen atoms in total. The minimum atomic E-state index is -1.00. The van der Waals surface area contributed by atoms with Crippen LogP contribution >= 0.6 is 23.1 Å². The van der Waals surface area contributed by atoms with E-state index in [4.69, 9.17) is 5.11 Å². The quantitative estimate of drug-likeness (QED) is 0.603. The summed E-state index contributed by atoms with van der Waals surface area (Å²) < 4.78 is 0.740. The summed E-state index contributed by atoms with van der Waals surface area (Å²) in [5, 5.41) is 14.0. The molecular formula is C17H27N3O3S2. The molecule has 0 aromatic carbocycles. The fourth-order valence-electron chi connectivity index (χ4n) is 3.09. The lowest BCUT2D eigenvalue weighted by molar-refractivity contribution is -0.128. The van der Waals surface area contributed by atoms with Gasteiger partial charge in [0.05, 0.1) is 0 Å². The molecule has 25 heavy (non-hydrogen) atoms. The van der Waals surface area contributed by atoms with Gasteiger partial charge in [0.2, 0.25) is 5.91 Å². The molecule has 0 aliphatic carbocycles. The summed E-state index contributed by atoms with van der Waals surface area (Å²) in [5.41, 5.74) is 0.0889. The molecule has 2 atom stereocenters. The smallest absolute Gasteiger partial charge is 0.355 e. The minimum Gasteiger partial charge on any atom is -0.476 e. The first-order valence-corrected chi connectivity index (χ1v) is 10.6. The molecule has 2 N–H and O–H groups in total. The molecule has 1 aromatic rings. The van der Waals surface area contributed by atoms with Gasteiger partial charge in [-0.1, -0.05) is 25.6 Å². The van der Waals surface area contributed by atoms with E-state index in [1.54, 1.807) is 5.38 Å². The van der Waals surface area contributed by atoms with E-state index in [1.807, 2.05) is 4.90 Å². The van der Waals surface area contributed by atoms with Gasteiger partial charge in [0, 0.05) is 42.7 Å². The van der Waals surface area contributed by atoms with Crippen LogP contribution in [0.1, 0.15) is 50.5 Å². The largest absolute Gasteiger partial charge is 0.476 e. The number of aromatic carboxylic acids is 1. The van der Waals surface area contributed by atoms with Crippen molar-refractivity contribution in [1.29, 1.82) is 0 Å². The number of amides is 1. The van der Waals surface area contributed by atoms with E-state index in [0.717, 1.165) is 29.5 Å². The van der Waals surface area contributed by atoms with E-state index in [1.165, 1.54) is 23.1 Å². The van der Waals surface area contributed by atoms with Gasteiger partial charge in [-0.2, -0.15) is 0 Å². The highest BCUT2D eigenvalue weighted by Crippen LogP contribution is 2.25. The predicted molar refractivity (Wildman–Crippen MR) is 101 cm³/mol.